The lowest BCUT2D eigenvalue weighted by atomic mass is 9.92. The third-order valence-corrected chi connectivity index (χ3v) is 3.52. The molecule has 0 bridgehead atoms. The molecule has 0 aliphatic carbocycles. The van der Waals surface area contributed by atoms with Gasteiger partial charge in [0, 0.05) is 18.5 Å². The molecule has 1 rings (SSSR count). The van der Waals surface area contributed by atoms with E-state index in [2.05, 4.69) is 10.3 Å². The van der Waals surface area contributed by atoms with E-state index < -0.39 is 5.60 Å². The fraction of sp³-hybridized carbons (Fsp3) is 0.727. The summed E-state index contributed by atoms with van der Waals surface area (Å²) in [5.74, 6) is 0.252. The van der Waals surface area contributed by atoms with Gasteiger partial charge in [-0.1, -0.05) is 13.8 Å². The molecule has 15 heavy (non-hydrogen) atoms. The largest absolute Gasteiger partial charge is 0.389 e. The van der Waals surface area contributed by atoms with E-state index in [1.165, 1.54) is 0 Å². The summed E-state index contributed by atoms with van der Waals surface area (Å²) < 4.78 is 0. The molecule has 4 heteroatoms. The van der Waals surface area contributed by atoms with Crippen molar-refractivity contribution in [3.05, 3.63) is 16.1 Å². The van der Waals surface area contributed by atoms with E-state index >= 15 is 0 Å². The quantitative estimate of drug-likeness (QED) is 0.809. The molecule has 0 saturated heterocycles. The number of aliphatic hydroxyl groups is 1. The predicted molar refractivity (Wildman–Crippen MR) is 64.0 cm³/mol. The van der Waals surface area contributed by atoms with Crippen molar-refractivity contribution >= 4 is 11.3 Å². The summed E-state index contributed by atoms with van der Waals surface area (Å²) in [7, 11) is 0. The predicted octanol–water partition coefficient (Wildman–Crippen LogP) is 1.95. The van der Waals surface area contributed by atoms with Crippen LogP contribution in [-0.4, -0.2) is 22.2 Å². The van der Waals surface area contributed by atoms with Crippen molar-refractivity contribution in [1.82, 2.24) is 10.3 Å². The number of hydrogen-bond acceptors (Lipinski definition) is 4. The lowest BCUT2D eigenvalue weighted by molar-refractivity contribution is 0.0139. The van der Waals surface area contributed by atoms with Gasteiger partial charge >= 0.3 is 0 Å². The smallest absolute Gasteiger partial charge is 0.0897 e. The normalized spacial score (nSPS) is 15.6. The summed E-state index contributed by atoms with van der Waals surface area (Å²) in [6.45, 7) is 9.23. The van der Waals surface area contributed by atoms with Crippen LogP contribution in [0.15, 0.2) is 5.38 Å². The number of nitrogens with zero attached hydrogens (tertiary/aromatic N) is 1. The first-order valence-corrected chi connectivity index (χ1v) is 6.14. The topological polar surface area (TPSA) is 45.2 Å². The molecule has 0 aliphatic rings. The van der Waals surface area contributed by atoms with Crippen molar-refractivity contribution in [3.8, 4) is 0 Å². The molecule has 3 nitrogen and oxygen atoms in total. The fourth-order valence-corrected chi connectivity index (χ4v) is 1.75. The van der Waals surface area contributed by atoms with Crippen LogP contribution in [0.2, 0.25) is 0 Å². The van der Waals surface area contributed by atoms with Crippen LogP contribution in [0, 0.1) is 12.8 Å². The zero-order valence-corrected chi connectivity index (χ0v) is 10.7. The van der Waals surface area contributed by atoms with Crippen molar-refractivity contribution in [3.63, 3.8) is 0 Å². The molecule has 0 amide bonds. The molecule has 1 unspecified atom stereocenters. The van der Waals surface area contributed by atoms with Crippen LogP contribution in [0.3, 0.4) is 0 Å². The molecule has 2 N–H and O–H groups in total. The van der Waals surface area contributed by atoms with E-state index in [9.17, 15) is 5.11 Å². The van der Waals surface area contributed by atoms with Crippen LogP contribution in [0.25, 0.3) is 0 Å². The molecule has 1 aromatic rings. The van der Waals surface area contributed by atoms with Crippen LogP contribution < -0.4 is 5.32 Å². The van der Waals surface area contributed by atoms with E-state index in [1.807, 2.05) is 33.1 Å². The van der Waals surface area contributed by atoms with Gasteiger partial charge in [0.25, 0.3) is 0 Å². The average molecular weight is 228 g/mol. The first-order chi connectivity index (χ1) is 6.92. The molecular weight excluding hydrogens is 208 g/mol. The van der Waals surface area contributed by atoms with Crippen LogP contribution in [0.1, 0.15) is 31.5 Å². The Bertz CT molecular complexity index is 307. The van der Waals surface area contributed by atoms with Gasteiger partial charge in [-0.05, 0) is 19.8 Å². The first-order valence-electron chi connectivity index (χ1n) is 5.26. The molecule has 0 spiro atoms. The molecule has 0 aromatic carbocycles. The maximum Gasteiger partial charge on any atom is 0.0897 e. The molecule has 1 atom stereocenters. The van der Waals surface area contributed by atoms with E-state index in [-0.39, 0.29) is 5.92 Å². The summed E-state index contributed by atoms with van der Waals surface area (Å²) in [6.07, 6.45) is 0. The van der Waals surface area contributed by atoms with Gasteiger partial charge < -0.3 is 10.4 Å². The SMILES string of the molecule is Cc1nc(CNCC(C)(O)C(C)C)cs1. The van der Waals surface area contributed by atoms with E-state index in [1.54, 1.807) is 11.3 Å². The van der Waals surface area contributed by atoms with Gasteiger partial charge in [-0.15, -0.1) is 11.3 Å². The van der Waals surface area contributed by atoms with Crippen molar-refractivity contribution < 1.29 is 5.11 Å². The van der Waals surface area contributed by atoms with Gasteiger partial charge in [0.2, 0.25) is 0 Å². The summed E-state index contributed by atoms with van der Waals surface area (Å²) in [5.41, 5.74) is 0.405. The Kier molecular flexibility index (Phi) is 4.25. The van der Waals surface area contributed by atoms with Crippen molar-refractivity contribution in [2.45, 2.75) is 39.8 Å². The minimum atomic E-state index is -0.648. The molecular formula is C11H20N2OS. The Morgan fingerprint density at radius 3 is 2.73 bits per heavy atom. The van der Waals surface area contributed by atoms with Gasteiger partial charge in [0.1, 0.15) is 0 Å². The second-order valence-electron chi connectivity index (χ2n) is 4.47. The summed E-state index contributed by atoms with van der Waals surface area (Å²) in [6, 6.07) is 0. The standard InChI is InChI=1S/C11H20N2OS/c1-8(2)11(4,14)7-12-5-10-6-15-9(3)13-10/h6,8,12,14H,5,7H2,1-4H3. The lowest BCUT2D eigenvalue weighted by Gasteiger charge is -2.27. The average Bonchev–Trinajstić information content (AvgIpc) is 2.51. The van der Waals surface area contributed by atoms with Crippen LogP contribution in [0.4, 0.5) is 0 Å². The highest BCUT2D eigenvalue weighted by Gasteiger charge is 2.23. The molecule has 86 valence electrons. The van der Waals surface area contributed by atoms with E-state index in [0.29, 0.717) is 6.54 Å². The Balaban J connectivity index is 2.33. The van der Waals surface area contributed by atoms with Crippen LogP contribution >= 0.6 is 11.3 Å². The number of aryl methyl sites for hydroxylation is 1. The second-order valence-corrected chi connectivity index (χ2v) is 5.54. The van der Waals surface area contributed by atoms with Crippen molar-refractivity contribution in [1.29, 1.82) is 0 Å². The molecule has 0 saturated carbocycles. The maximum atomic E-state index is 9.99. The number of aromatic nitrogens is 1. The Morgan fingerprint density at radius 1 is 1.60 bits per heavy atom. The number of nitrogens with one attached hydrogen (secondary N) is 1. The minimum absolute atomic E-state index is 0.252. The molecule has 1 aromatic heterocycles. The van der Waals surface area contributed by atoms with Crippen LogP contribution in [-0.2, 0) is 6.54 Å². The van der Waals surface area contributed by atoms with Crippen molar-refractivity contribution in [2.24, 2.45) is 5.92 Å². The highest BCUT2D eigenvalue weighted by atomic mass is 32.1. The van der Waals surface area contributed by atoms with E-state index in [4.69, 9.17) is 0 Å². The zero-order chi connectivity index (χ0) is 11.5. The van der Waals surface area contributed by atoms with Gasteiger partial charge in [0.15, 0.2) is 0 Å². The lowest BCUT2D eigenvalue weighted by Crippen LogP contribution is -2.41. The summed E-state index contributed by atoms with van der Waals surface area (Å²) >= 11 is 1.66. The van der Waals surface area contributed by atoms with Gasteiger partial charge in [-0.2, -0.15) is 0 Å². The summed E-state index contributed by atoms with van der Waals surface area (Å²) in [4.78, 5) is 4.35. The van der Waals surface area contributed by atoms with Gasteiger partial charge in [-0.25, -0.2) is 4.98 Å². The van der Waals surface area contributed by atoms with Gasteiger partial charge in [0.05, 0.1) is 16.3 Å². The fourth-order valence-electron chi connectivity index (χ4n) is 1.14. The zero-order valence-electron chi connectivity index (χ0n) is 9.87. The molecule has 0 aliphatic heterocycles. The van der Waals surface area contributed by atoms with Crippen LogP contribution in [0.5, 0.6) is 0 Å². The highest BCUT2D eigenvalue weighted by Crippen LogP contribution is 2.15. The van der Waals surface area contributed by atoms with Crippen molar-refractivity contribution in [2.75, 3.05) is 6.54 Å². The number of thiazole rings is 1. The Labute approximate surface area is 95.6 Å². The molecule has 0 radical (unpaired) electrons. The van der Waals surface area contributed by atoms with E-state index in [0.717, 1.165) is 17.2 Å². The maximum absolute atomic E-state index is 9.99. The Hall–Kier alpha value is -0.450. The molecule has 1 heterocycles. The first kappa shape index (κ1) is 12.6. The third-order valence-electron chi connectivity index (χ3n) is 2.70. The number of rotatable bonds is 5. The second kappa shape index (κ2) is 5.05. The summed E-state index contributed by atoms with van der Waals surface area (Å²) in [5, 5.41) is 16.4. The molecule has 0 fully saturated rings. The van der Waals surface area contributed by atoms with Gasteiger partial charge in [-0.3, -0.25) is 0 Å². The Morgan fingerprint density at radius 2 is 2.27 bits per heavy atom. The minimum Gasteiger partial charge on any atom is -0.389 e. The number of hydrogen-bond donors (Lipinski definition) is 2. The highest BCUT2D eigenvalue weighted by molar-refractivity contribution is 7.09. The monoisotopic (exact) mass is 228 g/mol. The third kappa shape index (κ3) is 3.89.